The van der Waals surface area contributed by atoms with Gasteiger partial charge in [0.2, 0.25) is 5.91 Å². The Labute approximate surface area is 159 Å². The van der Waals surface area contributed by atoms with Crippen LogP contribution in [0.25, 0.3) is 10.1 Å². The lowest BCUT2D eigenvalue weighted by atomic mass is 9.92. The van der Waals surface area contributed by atoms with Gasteiger partial charge in [-0.2, -0.15) is 0 Å². The van der Waals surface area contributed by atoms with Crippen LogP contribution >= 0.6 is 11.3 Å². The van der Waals surface area contributed by atoms with Gasteiger partial charge >= 0.3 is 0 Å². The third kappa shape index (κ3) is 3.35. The normalized spacial score (nSPS) is 23.3. The Hall–Kier alpha value is -1.59. The molecular formula is C21H28N2O2S. The summed E-state index contributed by atoms with van der Waals surface area (Å²) in [5.74, 6) is 1.18. The van der Waals surface area contributed by atoms with Crippen LogP contribution < -0.4 is 4.74 Å². The number of amides is 1. The van der Waals surface area contributed by atoms with Crippen LogP contribution in [0.1, 0.15) is 43.0 Å². The quantitative estimate of drug-likeness (QED) is 0.815. The first-order valence-corrected chi connectivity index (χ1v) is 10.5. The average Bonchev–Trinajstić information content (AvgIpc) is 3.00. The van der Waals surface area contributed by atoms with Crippen molar-refractivity contribution in [2.24, 2.45) is 0 Å². The largest absolute Gasteiger partial charge is 0.490 e. The maximum atomic E-state index is 11.8. The van der Waals surface area contributed by atoms with E-state index in [9.17, 15) is 4.79 Å². The number of ether oxygens (including phenoxy) is 1. The van der Waals surface area contributed by atoms with E-state index in [0.29, 0.717) is 12.1 Å². The minimum atomic E-state index is 0.162. The van der Waals surface area contributed by atoms with Gasteiger partial charge in [-0.15, -0.1) is 11.3 Å². The van der Waals surface area contributed by atoms with Gasteiger partial charge in [0.1, 0.15) is 5.75 Å². The van der Waals surface area contributed by atoms with E-state index >= 15 is 0 Å². The van der Waals surface area contributed by atoms with Crippen molar-refractivity contribution in [3.63, 3.8) is 0 Å². The highest BCUT2D eigenvalue weighted by atomic mass is 32.1. The molecule has 0 radical (unpaired) electrons. The van der Waals surface area contributed by atoms with Crippen molar-refractivity contribution in [2.75, 3.05) is 20.6 Å². The van der Waals surface area contributed by atoms with Crippen molar-refractivity contribution >= 4 is 27.3 Å². The van der Waals surface area contributed by atoms with Crippen molar-refractivity contribution in [3.8, 4) is 5.75 Å². The highest BCUT2D eigenvalue weighted by Crippen LogP contribution is 2.41. The molecule has 2 aromatic rings. The predicted molar refractivity (Wildman–Crippen MR) is 107 cm³/mol. The zero-order valence-electron chi connectivity index (χ0n) is 16.0. The van der Waals surface area contributed by atoms with E-state index in [0.717, 1.165) is 38.1 Å². The molecular weight excluding hydrogens is 344 g/mol. The molecule has 4 rings (SSSR count). The first-order valence-electron chi connectivity index (χ1n) is 9.65. The van der Waals surface area contributed by atoms with Gasteiger partial charge in [-0.1, -0.05) is 6.07 Å². The Balaban J connectivity index is 1.58. The van der Waals surface area contributed by atoms with E-state index in [1.54, 1.807) is 6.92 Å². The summed E-state index contributed by atoms with van der Waals surface area (Å²) in [6, 6.07) is 7.09. The maximum Gasteiger partial charge on any atom is 0.219 e. The summed E-state index contributed by atoms with van der Waals surface area (Å²) in [4.78, 5) is 17.6. The summed E-state index contributed by atoms with van der Waals surface area (Å²) in [5.41, 5.74) is 1.31. The van der Waals surface area contributed by atoms with Crippen molar-refractivity contribution in [1.29, 1.82) is 0 Å². The fourth-order valence-electron chi connectivity index (χ4n) is 4.33. The van der Waals surface area contributed by atoms with Crippen LogP contribution in [-0.4, -0.2) is 48.5 Å². The topological polar surface area (TPSA) is 32.8 Å². The molecule has 1 aromatic heterocycles. The van der Waals surface area contributed by atoms with Gasteiger partial charge in [0.15, 0.2) is 0 Å². The second-order valence-corrected chi connectivity index (χ2v) is 8.97. The fourth-order valence-corrected chi connectivity index (χ4v) is 5.55. The molecule has 0 spiro atoms. The van der Waals surface area contributed by atoms with E-state index in [2.05, 4.69) is 37.2 Å². The van der Waals surface area contributed by atoms with Crippen molar-refractivity contribution < 1.29 is 9.53 Å². The van der Waals surface area contributed by atoms with Crippen LogP contribution in [0.5, 0.6) is 5.75 Å². The number of carbonyl (C=O) groups excluding carboxylic acids is 1. The lowest BCUT2D eigenvalue weighted by Crippen LogP contribution is -2.35. The van der Waals surface area contributed by atoms with Crippen LogP contribution in [0, 0.1) is 0 Å². The number of benzene rings is 1. The number of carbonyl (C=O) groups is 1. The predicted octanol–water partition coefficient (Wildman–Crippen LogP) is 4.06. The van der Waals surface area contributed by atoms with Gasteiger partial charge in [0, 0.05) is 41.0 Å². The maximum absolute atomic E-state index is 11.8. The first kappa shape index (κ1) is 17.8. The molecule has 1 aliphatic heterocycles. The smallest absolute Gasteiger partial charge is 0.219 e. The highest BCUT2D eigenvalue weighted by Gasteiger charge is 2.27. The number of nitrogens with zero attached hydrogens (tertiary/aromatic N) is 2. The summed E-state index contributed by atoms with van der Waals surface area (Å²) in [6.45, 7) is 3.22. The molecule has 1 amide bonds. The van der Waals surface area contributed by atoms with Gasteiger partial charge in [0.25, 0.3) is 0 Å². The number of hydrogen-bond donors (Lipinski definition) is 0. The Morgan fingerprint density at radius 3 is 2.69 bits per heavy atom. The highest BCUT2D eigenvalue weighted by molar-refractivity contribution is 7.19. The standard InChI is InChI=1S/C21H28N2O2S/c1-14(24)23-12-11-19-17(13-23)21-18(5-4-6-20(21)26-19)25-16-9-7-15(8-10-16)22(2)3/h4-6,15-16H,7-13H2,1-3H3. The first-order chi connectivity index (χ1) is 12.5. The van der Waals surface area contributed by atoms with E-state index in [-0.39, 0.29) is 5.91 Å². The second kappa shape index (κ2) is 7.20. The van der Waals surface area contributed by atoms with Gasteiger partial charge in [-0.3, -0.25) is 4.79 Å². The number of fused-ring (bicyclic) bond motifs is 3. The Morgan fingerprint density at radius 1 is 1.23 bits per heavy atom. The summed E-state index contributed by atoms with van der Waals surface area (Å²) in [5, 5.41) is 1.24. The van der Waals surface area contributed by atoms with Crippen molar-refractivity contribution in [2.45, 2.75) is 57.7 Å². The molecule has 2 aliphatic rings. The fraction of sp³-hybridized carbons (Fsp3) is 0.571. The number of rotatable bonds is 3. The molecule has 0 atom stereocenters. The molecule has 5 heteroatoms. The molecule has 1 saturated carbocycles. The van der Waals surface area contributed by atoms with Crippen LogP contribution in [0.2, 0.25) is 0 Å². The minimum absolute atomic E-state index is 0.162. The monoisotopic (exact) mass is 372 g/mol. The molecule has 2 heterocycles. The summed E-state index contributed by atoms with van der Waals surface area (Å²) >= 11 is 1.87. The lowest BCUT2D eigenvalue weighted by Gasteiger charge is -2.33. The molecule has 140 valence electrons. The average molecular weight is 373 g/mol. The molecule has 26 heavy (non-hydrogen) atoms. The number of hydrogen-bond acceptors (Lipinski definition) is 4. The Morgan fingerprint density at radius 2 is 2.00 bits per heavy atom. The van der Waals surface area contributed by atoms with Crippen molar-refractivity contribution in [3.05, 3.63) is 28.6 Å². The van der Waals surface area contributed by atoms with E-state index in [1.165, 1.54) is 33.4 Å². The zero-order chi connectivity index (χ0) is 18.3. The summed E-state index contributed by atoms with van der Waals surface area (Å²) in [6.07, 6.45) is 5.90. The molecule has 1 aromatic carbocycles. The van der Waals surface area contributed by atoms with Crippen LogP contribution in [-0.2, 0) is 17.8 Å². The molecule has 1 aliphatic carbocycles. The van der Waals surface area contributed by atoms with Crippen LogP contribution in [0.3, 0.4) is 0 Å². The van der Waals surface area contributed by atoms with E-state index < -0.39 is 0 Å². The SMILES string of the molecule is CC(=O)N1CCc2sc3cccc(OC4CCC(N(C)C)CC4)c3c2C1. The Kier molecular flexibility index (Phi) is 4.93. The summed E-state index contributed by atoms with van der Waals surface area (Å²) < 4.78 is 7.79. The van der Waals surface area contributed by atoms with Crippen LogP contribution in [0.4, 0.5) is 0 Å². The zero-order valence-corrected chi connectivity index (χ0v) is 16.8. The molecule has 0 bridgehead atoms. The third-order valence-corrected chi connectivity index (χ3v) is 7.19. The van der Waals surface area contributed by atoms with Gasteiger partial charge in [0.05, 0.1) is 6.10 Å². The van der Waals surface area contributed by atoms with E-state index in [1.807, 2.05) is 16.2 Å². The molecule has 0 unspecified atom stereocenters. The van der Waals surface area contributed by atoms with E-state index in [4.69, 9.17) is 4.74 Å². The van der Waals surface area contributed by atoms with Gasteiger partial charge in [-0.25, -0.2) is 0 Å². The van der Waals surface area contributed by atoms with Crippen molar-refractivity contribution in [1.82, 2.24) is 9.80 Å². The molecule has 4 nitrogen and oxygen atoms in total. The van der Waals surface area contributed by atoms with Gasteiger partial charge < -0.3 is 14.5 Å². The minimum Gasteiger partial charge on any atom is -0.490 e. The molecule has 0 N–H and O–H groups in total. The second-order valence-electron chi connectivity index (χ2n) is 7.84. The van der Waals surface area contributed by atoms with Crippen LogP contribution in [0.15, 0.2) is 18.2 Å². The lowest BCUT2D eigenvalue weighted by molar-refractivity contribution is -0.129. The third-order valence-electron chi connectivity index (χ3n) is 5.93. The van der Waals surface area contributed by atoms with Gasteiger partial charge in [-0.05, 0) is 63.9 Å². The molecule has 0 saturated heterocycles. The Bertz CT molecular complexity index is 806. The summed E-state index contributed by atoms with van der Waals surface area (Å²) in [7, 11) is 4.34. The number of thiophene rings is 1. The molecule has 1 fully saturated rings.